The first kappa shape index (κ1) is 15.7. The first-order valence-corrected chi connectivity index (χ1v) is 6.80. The summed E-state index contributed by atoms with van der Waals surface area (Å²) in [7, 11) is 0. The topological polar surface area (TPSA) is 66.4 Å². The minimum absolute atomic E-state index is 0.255. The van der Waals surface area contributed by atoms with Crippen molar-refractivity contribution in [2.45, 2.75) is 26.2 Å². The van der Waals surface area contributed by atoms with Crippen LogP contribution in [0.4, 0.5) is 0 Å². The number of hydrogen-bond donors (Lipinski definition) is 2. The first-order chi connectivity index (χ1) is 8.74. The summed E-state index contributed by atoms with van der Waals surface area (Å²) in [6, 6.07) is 7.85. The second kappa shape index (κ2) is 6.19. The van der Waals surface area contributed by atoms with Crippen LogP contribution >= 0.6 is 15.9 Å². The maximum Gasteiger partial charge on any atom is 0.315 e. The van der Waals surface area contributed by atoms with E-state index >= 15 is 0 Å². The van der Waals surface area contributed by atoms with Gasteiger partial charge >= 0.3 is 5.97 Å². The molecule has 4 nitrogen and oxygen atoms in total. The molecular formula is C14H18BrNO3. The predicted molar refractivity (Wildman–Crippen MR) is 77.0 cm³/mol. The highest BCUT2D eigenvalue weighted by atomic mass is 79.9. The van der Waals surface area contributed by atoms with Crippen molar-refractivity contribution in [3.05, 3.63) is 34.3 Å². The largest absolute Gasteiger partial charge is 0.481 e. The third-order valence-electron chi connectivity index (χ3n) is 3.09. The molecule has 0 fully saturated rings. The van der Waals surface area contributed by atoms with Gasteiger partial charge in [0.25, 0.3) is 0 Å². The fraction of sp³-hybridized carbons (Fsp3) is 0.429. The van der Waals surface area contributed by atoms with Crippen molar-refractivity contribution in [1.82, 2.24) is 5.32 Å². The third-order valence-corrected chi connectivity index (χ3v) is 3.62. The highest BCUT2D eigenvalue weighted by Gasteiger charge is 2.25. The molecule has 1 atom stereocenters. The highest BCUT2D eigenvalue weighted by Crippen LogP contribution is 2.24. The lowest BCUT2D eigenvalue weighted by atomic mass is 9.84. The molecule has 0 radical (unpaired) electrons. The van der Waals surface area contributed by atoms with Gasteiger partial charge in [-0.1, -0.05) is 41.9 Å². The first-order valence-electron chi connectivity index (χ1n) is 6.00. The molecular weight excluding hydrogens is 310 g/mol. The van der Waals surface area contributed by atoms with Gasteiger partial charge in [-0.25, -0.2) is 0 Å². The Balaban J connectivity index is 2.67. The van der Waals surface area contributed by atoms with Crippen molar-refractivity contribution >= 4 is 27.8 Å². The van der Waals surface area contributed by atoms with E-state index in [4.69, 9.17) is 5.11 Å². The number of rotatable bonds is 5. The van der Waals surface area contributed by atoms with Crippen LogP contribution in [0.2, 0.25) is 0 Å². The zero-order valence-electron chi connectivity index (χ0n) is 11.2. The number of carboxylic acid groups (broad SMARTS) is 1. The van der Waals surface area contributed by atoms with Gasteiger partial charge in [0.2, 0.25) is 5.91 Å². The molecule has 0 aliphatic rings. The minimum Gasteiger partial charge on any atom is -0.481 e. The van der Waals surface area contributed by atoms with E-state index in [0.717, 1.165) is 10.0 Å². The summed E-state index contributed by atoms with van der Waals surface area (Å²) in [6.45, 7) is 5.78. The molecule has 1 unspecified atom stereocenters. The monoisotopic (exact) mass is 327 g/mol. The fourth-order valence-corrected chi connectivity index (χ4v) is 1.84. The number of carboxylic acids is 1. The van der Waals surface area contributed by atoms with Gasteiger partial charge in [0.15, 0.2) is 0 Å². The molecule has 0 aliphatic heterocycles. The van der Waals surface area contributed by atoms with E-state index in [1.807, 2.05) is 38.1 Å². The number of carbonyl (C=O) groups is 2. The highest BCUT2D eigenvalue weighted by molar-refractivity contribution is 9.10. The molecule has 0 heterocycles. The lowest BCUT2D eigenvalue weighted by Crippen LogP contribution is -2.40. The van der Waals surface area contributed by atoms with Gasteiger partial charge in [-0.05, 0) is 24.6 Å². The number of hydrogen-bond acceptors (Lipinski definition) is 2. The smallest absolute Gasteiger partial charge is 0.315 e. The molecule has 104 valence electrons. The molecule has 0 aliphatic carbocycles. The lowest BCUT2D eigenvalue weighted by molar-refractivity contribution is -0.146. The quantitative estimate of drug-likeness (QED) is 0.817. The molecule has 1 rings (SSSR count). The molecule has 1 aromatic carbocycles. The molecule has 2 N–H and O–H groups in total. The van der Waals surface area contributed by atoms with E-state index in [2.05, 4.69) is 21.2 Å². The van der Waals surface area contributed by atoms with Gasteiger partial charge in [0, 0.05) is 16.4 Å². The Morgan fingerprint density at radius 1 is 1.32 bits per heavy atom. The average Bonchev–Trinajstić information content (AvgIpc) is 2.35. The Bertz CT molecular complexity index is 468. The van der Waals surface area contributed by atoms with Crippen molar-refractivity contribution in [3.8, 4) is 0 Å². The van der Waals surface area contributed by atoms with E-state index in [1.54, 1.807) is 0 Å². The Labute approximate surface area is 121 Å². The summed E-state index contributed by atoms with van der Waals surface area (Å²) in [4.78, 5) is 22.3. The fourth-order valence-electron chi connectivity index (χ4n) is 1.58. The summed E-state index contributed by atoms with van der Waals surface area (Å²) in [5, 5.41) is 11.4. The molecule has 1 aromatic rings. The Kier molecular flexibility index (Phi) is 5.11. The SMILES string of the molecule is CC(C(=O)O)C(=O)NCC(C)(C)c1ccc(Br)cc1. The van der Waals surface area contributed by atoms with Crippen LogP contribution in [0.5, 0.6) is 0 Å². The van der Waals surface area contributed by atoms with Gasteiger partial charge < -0.3 is 10.4 Å². The maximum absolute atomic E-state index is 11.6. The number of aliphatic carboxylic acids is 1. The molecule has 5 heteroatoms. The minimum atomic E-state index is -1.11. The van der Waals surface area contributed by atoms with Crippen LogP contribution in [0, 0.1) is 5.92 Å². The van der Waals surface area contributed by atoms with Crippen molar-refractivity contribution in [2.24, 2.45) is 5.92 Å². The Morgan fingerprint density at radius 3 is 2.32 bits per heavy atom. The van der Waals surface area contributed by atoms with E-state index in [1.165, 1.54) is 6.92 Å². The van der Waals surface area contributed by atoms with Gasteiger partial charge in [-0.15, -0.1) is 0 Å². The Hall–Kier alpha value is -1.36. The zero-order valence-corrected chi connectivity index (χ0v) is 12.8. The van der Waals surface area contributed by atoms with Gasteiger partial charge in [-0.2, -0.15) is 0 Å². The zero-order chi connectivity index (χ0) is 14.6. The van der Waals surface area contributed by atoms with Gasteiger partial charge in [-0.3, -0.25) is 9.59 Å². The summed E-state index contributed by atoms with van der Waals surface area (Å²) >= 11 is 3.37. The summed E-state index contributed by atoms with van der Waals surface area (Å²) in [6.07, 6.45) is 0. The summed E-state index contributed by atoms with van der Waals surface area (Å²) in [5.74, 6) is -2.60. The molecule has 0 saturated heterocycles. The van der Waals surface area contributed by atoms with Crippen LogP contribution in [0.3, 0.4) is 0 Å². The number of halogens is 1. The van der Waals surface area contributed by atoms with Crippen molar-refractivity contribution in [1.29, 1.82) is 0 Å². The summed E-state index contributed by atoms with van der Waals surface area (Å²) in [5.41, 5.74) is 0.827. The average molecular weight is 328 g/mol. The maximum atomic E-state index is 11.6. The number of amides is 1. The van der Waals surface area contributed by atoms with Crippen molar-refractivity contribution < 1.29 is 14.7 Å². The van der Waals surface area contributed by atoms with Crippen molar-refractivity contribution in [3.63, 3.8) is 0 Å². The molecule has 1 amide bonds. The van der Waals surface area contributed by atoms with Crippen molar-refractivity contribution in [2.75, 3.05) is 6.54 Å². The molecule has 19 heavy (non-hydrogen) atoms. The van der Waals surface area contributed by atoms with Crippen LogP contribution < -0.4 is 5.32 Å². The molecule has 0 saturated carbocycles. The second-order valence-corrected chi connectivity index (χ2v) is 6.08. The molecule has 0 aromatic heterocycles. The number of benzene rings is 1. The van der Waals surface area contributed by atoms with E-state index in [-0.39, 0.29) is 5.41 Å². The summed E-state index contributed by atoms with van der Waals surface area (Å²) < 4.78 is 0.996. The number of carbonyl (C=O) groups excluding carboxylic acids is 1. The third kappa shape index (κ3) is 4.35. The van der Waals surface area contributed by atoms with E-state index in [0.29, 0.717) is 6.54 Å². The second-order valence-electron chi connectivity index (χ2n) is 5.17. The molecule has 0 bridgehead atoms. The predicted octanol–water partition coefficient (Wildman–Crippen LogP) is 2.56. The Morgan fingerprint density at radius 2 is 1.84 bits per heavy atom. The van der Waals surface area contributed by atoms with Crippen LogP contribution in [0.15, 0.2) is 28.7 Å². The van der Waals surface area contributed by atoms with Gasteiger partial charge in [0.1, 0.15) is 5.92 Å². The van der Waals surface area contributed by atoms with Gasteiger partial charge in [0.05, 0.1) is 0 Å². The van der Waals surface area contributed by atoms with E-state index in [9.17, 15) is 9.59 Å². The normalized spacial score (nSPS) is 12.8. The van der Waals surface area contributed by atoms with Crippen LogP contribution in [-0.4, -0.2) is 23.5 Å². The number of nitrogens with one attached hydrogen (secondary N) is 1. The standard InChI is InChI=1S/C14H18BrNO3/c1-9(13(18)19)12(17)16-8-14(2,3)10-4-6-11(15)7-5-10/h4-7,9H,8H2,1-3H3,(H,16,17)(H,18,19). The van der Waals surface area contributed by atoms with Crippen LogP contribution in [0.25, 0.3) is 0 Å². The van der Waals surface area contributed by atoms with E-state index < -0.39 is 17.8 Å². The molecule has 0 spiro atoms. The van der Waals surface area contributed by atoms with Crippen LogP contribution in [-0.2, 0) is 15.0 Å². The van der Waals surface area contributed by atoms with Crippen LogP contribution in [0.1, 0.15) is 26.3 Å². The lowest BCUT2D eigenvalue weighted by Gasteiger charge is -2.26.